The zero-order valence-electron chi connectivity index (χ0n) is 20.0. The van der Waals surface area contributed by atoms with Gasteiger partial charge in [-0.3, -0.25) is 25.0 Å². The molecule has 31 heavy (non-hydrogen) atoms. The number of rotatable bonds is 11. The molecule has 0 saturated carbocycles. The molecule has 1 rings (SSSR count). The van der Waals surface area contributed by atoms with Crippen molar-refractivity contribution in [1.29, 1.82) is 0 Å². The van der Waals surface area contributed by atoms with Gasteiger partial charge in [-0.25, -0.2) is 0 Å². The highest BCUT2D eigenvalue weighted by atomic mass is 35.5. The van der Waals surface area contributed by atoms with E-state index in [1.807, 2.05) is 32.9 Å². The molecule has 0 aliphatic carbocycles. The van der Waals surface area contributed by atoms with Gasteiger partial charge in [-0.2, -0.15) is 0 Å². The minimum absolute atomic E-state index is 0.103. The number of aliphatic imine (C=N–C) groups is 2. The summed E-state index contributed by atoms with van der Waals surface area (Å²) in [5.74, 6) is 0.934. The summed E-state index contributed by atoms with van der Waals surface area (Å²) in [5, 5.41) is 4.11. The summed E-state index contributed by atoms with van der Waals surface area (Å²) in [6, 6.07) is -0.448. The summed E-state index contributed by atoms with van der Waals surface area (Å²) in [6.07, 6.45) is 8.07. The topological polar surface area (TPSA) is 60.3 Å². The molecule has 1 heterocycles. The Balaban J connectivity index is 3.40. The van der Waals surface area contributed by atoms with Crippen LogP contribution in [0.1, 0.15) is 47.5 Å². The van der Waals surface area contributed by atoms with Gasteiger partial charge in [0, 0.05) is 11.1 Å². The van der Waals surface area contributed by atoms with Crippen LogP contribution < -0.4 is 5.32 Å². The molecule has 0 aromatic rings. The van der Waals surface area contributed by atoms with Gasteiger partial charge in [0.05, 0.1) is 12.1 Å². The Bertz CT molecular complexity index is 692. The molecule has 1 N–H and O–H groups in total. The lowest BCUT2D eigenvalue weighted by Gasteiger charge is -2.38. The fourth-order valence-electron chi connectivity index (χ4n) is 3.68. The predicted octanol–water partition coefficient (Wildman–Crippen LogP) is 4.24. The van der Waals surface area contributed by atoms with E-state index in [2.05, 4.69) is 49.4 Å². The third-order valence-corrected chi connectivity index (χ3v) is 6.15. The van der Waals surface area contributed by atoms with Crippen molar-refractivity contribution in [3.8, 4) is 0 Å². The molecule has 2 unspecified atom stereocenters. The predicted molar refractivity (Wildman–Crippen MR) is 134 cm³/mol. The fraction of sp³-hybridized carbons (Fsp3) is 0.625. The molecule has 1 aliphatic heterocycles. The zero-order valence-corrected chi connectivity index (χ0v) is 20.8. The normalized spacial score (nSPS) is 20.3. The minimum atomic E-state index is -0.342. The van der Waals surface area contributed by atoms with E-state index in [9.17, 15) is 4.79 Å². The van der Waals surface area contributed by atoms with E-state index in [1.54, 1.807) is 11.0 Å². The summed E-state index contributed by atoms with van der Waals surface area (Å²) in [4.78, 5) is 25.6. The molecule has 1 saturated heterocycles. The van der Waals surface area contributed by atoms with Crippen molar-refractivity contribution >= 4 is 30.6 Å². The van der Waals surface area contributed by atoms with Crippen molar-refractivity contribution in [2.24, 2.45) is 15.9 Å². The van der Waals surface area contributed by atoms with Crippen molar-refractivity contribution in [1.82, 2.24) is 15.1 Å². The lowest BCUT2D eigenvalue weighted by atomic mass is 10.0. The highest BCUT2D eigenvalue weighted by molar-refractivity contribution is 6.31. The highest BCUT2D eigenvalue weighted by Crippen LogP contribution is 2.21. The Labute approximate surface area is 193 Å². The number of hydrogen-bond donors (Lipinski definition) is 1. The standard InChI is InChI=1S/C24H40ClN5O/c1-9-11-21(25)18(5)22(10-2)28-24(19(6)27-23(26-7)17(3)4)30(16-31)20-12-14-29(8)15-13-20/h9-11,16-17,19-20,22-23,27H,2,7,12-15H2,1,3-6,8H3/b11-9-,21-18+,28-24?/t19-,22?,23?/m0/s1. The molecule has 6 nitrogen and oxygen atoms in total. The summed E-state index contributed by atoms with van der Waals surface area (Å²) < 4.78 is 0. The number of allylic oxidation sites excluding steroid dienone is 3. The Morgan fingerprint density at radius 2 is 1.90 bits per heavy atom. The Hall–Kier alpha value is -1.76. The van der Waals surface area contributed by atoms with Crippen LogP contribution in [0.2, 0.25) is 0 Å². The van der Waals surface area contributed by atoms with Gasteiger partial charge < -0.3 is 4.90 Å². The molecule has 0 aromatic heterocycles. The van der Waals surface area contributed by atoms with E-state index >= 15 is 0 Å². The molecule has 7 heteroatoms. The third-order valence-electron chi connectivity index (χ3n) is 5.72. The van der Waals surface area contributed by atoms with Crippen LogP contribution in [0.3, 0.4) is 0 Å². The summed E-state index contributed by atoms with van der Waals surface area (Å²) in [7, 11) is 2.11. The van der Waals surface area contributed by atoms with Gasteiger partial charge in [0.1, 0.15) is 12.0 Å². The van der Waals surface area contributed by atoms with E-state index < -0.39 is 0 Å². The number of halogens is 1. The molecule has 0 bridgehead atoms. The van der Waals surface area contributed by atoms with Crippen LogP contribution in [0.25, 0.3) is 0 Å². The number of amidine groups is 1. The highest BCUT2D eigenvalue weighted by Gasteiger charge is 2.30. The second kappa shape index (κ2) is 13.6. The molecule has 0 spiro atoms. The van der Waals surface area contributed by atoms with Gasteiger partial charge in [0.25, 0.3) is 0 Å². The molecule has 0 radical (unpaired) electrons. The first-order valence-corrected chi connectivity index (χ1v) is 11.4. The smallest absolute Gasteiger partial charge is 0.215 e. The maximum Gasteiger partial charge on any atom is 0.215 e. The second-order valence-corrected chi connectivity index (χ2v) is 8.91. The molecule has 174 valence electrons. The van der Waals surface area contributed by atoms with Gasteiger partial charge in [-0.05, 0) is 78.0 Å². The van der Waals surface area contributed by atoms with E-state index in [4.69, 9.17) is 16.6 Å². The SMILES string of the molecule is C=CC(N=C([C@H](C)NC(N=C)C(C)C)N(C=O)C1CCN(C)CC1)/C(C)=C(Cl)\C=C/C. The number of nitrogens with one attached hydrogen (secondary N) is 1. The van der Waals surface area contributed by atoms with Gasteiger partial charge in [0.2, 0.25) is 6.41 Å². The number of carbonyl (C=O) groups excluding carboxylic acids is 1. The molecule has 0 aromatic carbocycles. The Kier molecular flexibility index (Phi) is 12.0. The molecule has 1 fully saturated rings. The summed E-state index contributed by atoms with van der Waals surface area (Å²) in [6.45, 7) is 19.6. The van der Waals surface area contributed by atoms with E-state index in [0.717, 1.165) is 37.9 Å². The third kappa shape index (κ3) is 8.02. The van der Waals surface area contributed by atoms with Gasteiger partial charge in [-0.15, -0.1) is 6.58 Å². The van der Waals surface area contributed by atoms with Crippen molar-refractivity contribution in [2.75, 3.05) is 20.1 Å². The maximum absolute atomic E-state index is 12.3. The van der Waals surface area contributed by atoms with E-state index in [0.29, 0.717) is 10.9 Å². The largest absolute Gasteiger partial charge is 0.306 e. The molecule has 1 amide bonds. The number of amides is 1. The van der Waals surface area contributed by atoms with E-state index in [1.165, 1.54) is 0 Å². The molecule has 1 aliphatic rings. The summed E-state index contributed by atoms with van der Waals surface area (Å²) >= 11 is 6.44. The summed E-state index contributed by atoms with van der Waals surface area (Å²) in [5.41, 5.74) is 0.885. The maximum atomic E-state index is 12.3. The van der Waals surface area contributed by atoms with Crippen LogP contribution in [0, 0.1) is 5.92 Å². The number of nitrogens with zero attached hydrogens (tertiary/aromatic N) is 4. The van der Waals surface area contributed by atoms with Crippen LogP contribution >= 0.6 is 11.6 Å². The lowest BCUT2D eigenvalue weighted by molar-refractivity contribution is -0.117. The molecule has 3 atom stereocenters. The average Bonchev–Trinajstić information content (AvgIpc) is 2.75. The van der Waals surface area contributed by atoms with Crippen LogP contribution in [-0.2, 0) is 4.79 Å². The fourth-order valence-corrected chi connectivity index (χ4v) is 3.91. The van der Waals surface area contributed by atoms with Crippen LogP contribution in [0.15, 0.2) is 45.4 Å². The monoisotopic (exact) mass is 449 g/mol. The van der Waals surface area contributed by atoms with E-state index in [-0.39, 0.29) is 30.2 Å². The van der Waals surface area contributed by atoms with Crippen molar-refractivity contribution in [3.63, 3.8) is 0 Å². The van der Waals surface area contributed by atoms with Gasteiger partial charge in [0.15, 0.2) is 0 Å². The minimum Gasteiger partial charge on any atom is -0.306 e. The zero-order chi connectivity index (χ0) is 23.6. The molecular formula is C24H40ClN5O. The van der Waals surface area contributed by atoms with Crippen LogP contribution in [-0.4, -0.2) is 73.2 Å². The average molecular weight is 450 g/mol. The lowest BCUT2D eigenvalue weighted by Crippen LogP contribution is -2.54. The van der Waals surface area contributed by atoms with Crippen molar-refractivity contribution in [2.45, 2.75) is 71.8 Å². The molecular weight excluding hydrogens is 410 g/mol. The van der Waals surface area contributed by atoms with Crippen molar-refractivity contribution < 1.29 is 4.79 Å². The number of likely N-dealkylation sites (tertiary alicyclic amines) is 1. The first kappa shape index (κ1) is 27.3. The Morgan fingerprint density at radius 1 is 1.29 bits per heavy atom. The quantitative estimate of drug-likeness (QED) is 0.169. The first-order chi connectivity index (χ1) is 14.7. The first-order valence-electron chi connectivity index (χ1n) is 11.0. The number of carbonyl (C=O) groups is 1. The second-order valence-electron chi connectivity index (χ2n) is 8.51. The van der Waals surface area contributed by atoms with Crippen LogP contribution in [0.4, 0.5) is 0 Å². The number of piperidine rings is 1. The van der Waals surface area contributed by atoms with Crippen LogP contribution in [0.5, 0.6) is 0 Å². The van der Waals surface area contributed by atoms with Crippen molar-refractivity contribution in [3.05, 3.63) is 35.4 Å². The van der Waals surface area contributed by atoms with Gasteiger partial charge in [-0.1, -0.05) is 37.6 Å². The Morgan fingerprint density at radius 3 is 2.35 bits per heavy atom. The van der Waals surface area contributed by atoms with Gasteiger partial charge >= 0.3 is 0 Å². The number of hydrogen-bond acceptors (Lipinski definition) is 5.